The quantitative estimate of drug-likeness (QED) is 0.292. The topological polar surface area (TPSA) is 157 Å². The number of non-ortho nitro benzene ring substituents is 1. The van der Waals surface area contributed by atoms with Crippen LogP contribution in [-0.4, -0.2) is 30.2 Å². The molecule has 4 N–H and O–H groups in total. The second-order valence-corrected chi connectivity index (χ2v) is 5.94. The van der Waals surface area contributed by atoms with Crippen LogP contribution in [0.5, 0.6) is 0 Å². The third kappa shape index (κ3) is 4.26. The molecule has 0 aliphatic heterocycles. The Hall–Kier alpha value is -2.92. The molecule has 0 fully saturated rings. The molecule has 0 amide bonds. The molecule has 0 spiro atoms. The van der Waals surface area contributed by atoms with Crippen LogP contribution in [0, 0.1) is 20.2 Å². The summed E-state index contributed by atoms with van der Waals surface area (Å²) in [7, 11) is -1.07. The van der Waals surface area contributed by atoms with E-state index in [1.807, 2.05) is 13.8 Å². The first-order chi connectivity index (χ1) is 12.8. The lowest BCUT2D eigenvalue weighted by Crippen LogP contribution is -2.39. The van der Waals surface area contributed by atoms with Gasteiger partial charge in [-0.05, 0) is 18.2 Å². The van der Waals surface area contributed by atoms with Gasteiger partial charge in [-0.2, -0.15) is 0 Å². The first-order valence-electron chi connectivity index (χ1n) is 8.49. The van der Waals surface area contributed by atoms with Crippen LogP contribution in [0.15, 0.2) is 18.2 Å². The first-order valence-corrected chi connectivity index (χ1v) is 8.49. The summed E-state index contributed by atoms with van der Waals surface area (Å²) in [6.45, 7) is 4.36. The van der Waals surface area contributed by atoms with E-state index in [0.717, 1.165) is 0 Å². The number of hydrogen-bond donors (Lipinski definition) is 2. The van der Waals surface area contributed by atoms with Gasteiger partial charge in [-0.3, -0.25) is 20.2 Å². The van der Waals surface area contributed by atoms with E-state index >= 15 is 0 Å². The number of fused-ring (bicyclic) bond motifs is 1. The van der Waals surface area contributed by atoms with Crippen molar-refractivity contribution >= 4 is 46.1 Å². The molecule has 0 aliphatic rings. The Morgan fingerprint density at radius 1 is 0.963 bits per heavy atom. The maximum absolute atomic E-state index is 11.6. The number of nitrogens with two attached hydrogens (primary N) is 2. The number of rotatable bonds is 9. The summed E-state index contributed by atoms with van der Waals surface area (Å²) in [6, 6.07) is 3.56. The predicted molar refractivity (Wildman–Crippen MR) is 104 cm³/mol. The van der Waals surface area contributed by atoms with Crippen LogP contribution in [0.2, 0.25) is 0 Å². The van der Waals surface area contributed by atoms with Gasteiger partial charge in [-0.15, -0.1) is 0 Å². The van der Waals surface area contributed by atoms with Gasteiger partial charge in [0.1, 0.15) is 0 Å². The van der Waals surface area contributed by atoms with Crippen molar-refractivity contribution in [3.8, 4) is 0 Å². The minimum Gasteiger partial charge on any atom is -0.407 e. The Morgan fingerprint density at radius 2 is 1.52 bits per heavy atom. The maximum Gasteiger partial charge on any atom is 0.501 e. The van der Waals surface area contributed by atoms with Crippen LogP contribution in [0.3, 0.4) is 0 Å². The molecule has 2 aromatic rings. The Kier molecular flexibility index (Phi) is 6.53. The monoisotopic (exact) mass is 376 g/mol. The first kappa shape index (κ1) is 20.4. The van der Waals surface area contributed by atoms with Crippen LogP contribution in [-0.2, 0) is 9.31 Å². The molecule has 0 atom stereocenters. The highest BCUT2D eigenvalue weighted by Gasteiger charge is 2.34. The Morgan fingerprint density at radius 3 is 2.00 bits per heavy atom. The molecule has 0 aromatic heterocycles. The number of hydrogen-bond acceptors (Lipinski definition) is 8. The minimum absolute atomic E-state index is 0.0533. The van der Waals surface area contributed by atoms with E-state index < -0.39 is 17.0 Å². The standard InChI is InChI=1S/C16H21BN4O6/c1-3-5-26-17(27-6-4-2)16-11-7-10(20(22)23)8-12(18)15(11)13(19)9-14(16)21(24)25/h7-9H,3-6,18-19H2,1-2H3. The van der Waals surface area contributed by atoms with Crippen molar-refractivity contribution in [2.75, 3.05) is 24.7 Å². The zero-order valence-electron chi connectivity index (χ0n) is 15.1. The normalized spacial score (nSPS) is 10.9. The lowest BCUT2D eigenvalue weighted by Gasteiger charge is -2.18. The van der Waals surface area contributed by atoms with Crippen LogP contribution >= 0.6 is 0 Å². The van der Waals surface area contributed by atoms with Crippen molar-refractivity contribution in [2.45, 2.75) is 26.7 Å². The van der Waals surface area contributed by atoms with Gasteiger partial charge in [-0.25, -0.2) is 0 Å². The average molecular weight is 376 g/mol. The number of nitrogens with zero attached hydrogens (tertiary/aromatic N) is 2. The molecule has 0 heterocycles. The molecule has 2 rings (SSSR count). The second kappa shape index (κ2) is 8.65. The SMILES string of the molecule is CCCOB(OCCC)c1c([N+](=O)[O-])cc(N)c2c(N)cc([N+](=O)[O-])cc12. The summed E-state index contributed by atoms with van der Waals surface area (Å²) in [5.74, 6) is 0. The highest BCUT2D eigenvalue weighted by molar-refractivity contribution is 6.66. The maximum atomic E-state index is 11.6. The van der Waals surface area contributed by atoms with Gasteiger partial charge < -0.3 is 20.8 Å². The molecule has 0 radical (unpaired) electrons. The van der Waals surface area contributed by atoms with Crippen molar-refractivity contribution < 1.29 is 19.2 Å². The Bertz CT molecular complexity index is 860. The van der Waals surface area contributed by atoms with Gasteiger partial charge in [0, 0.05) is 48.2 Å². The van der Waals surface area contributed by atoms with E-state index in [0.29, 0.717) is 31.4 Å². The van der Waals surface area contributed by atoms with Crippen LogP contribution < -0.4 is 16.9 Å². The molecular weight excluding hydrogens is 355 g/mol. The van der Waals surface area contributed by atoms with E-state index in [9.17, 15) is 20.2 Å². The molecule has 11 heteroatoms. The summed E-state index contributed by atoms with van der Waals surface area (Å²) in [6.07, 6.45) is 1.32. The van der Waals surface area contributed by atoms with Gasteiger partial charge >= 0.3 is 7.12 Å². The van der Waals surface area contributed by atoms with Gasteiger partial charge in [0.05, 0.1) is 15.3 Å². The highest BCUT2D eigenvalue weighted by atomic mass is 16.6. The summed E-state index contributed by atoms with van der Waals surface area (Å²) >= 11 is 0. The molecule has 0 bridgehead atoms. The van der Waals surface area contributed by atoms with E-state index in [4.69, 9.17) is 20.8 Å². The van der Waals surface area contributed by atoms with Gasteiger partial charge in [-0.1, -0.05) is 13.8 Å². The van der Waals surface area contributed by atoms with Crippen molar-refractivity contribution in [3.05, 3.63) is 38.4 Å². The van der Waals surface area contributed by atoms with Crippen LogP contribution in [0.25, 0.3) is 10.8 Å². The fraction of sp³-hybridized carbons (Fsp3) is 0.375. The lowest BCUT2D eigenvalue weighted by molar-refractivity contribution is -0.384. The van der Waals surface area contributed by atoms with E-state index in [1.165, 1.54) is 18.2 Å². The summed E-state index contributed by atoms with van der Waals surface area (Å²) in [4.78, 5) is 21.7. The third-order valence-corrected chi connectivity index (χ3v) is 3.89. The molecule has 144 valence electrons. The number of nitro benzene ring substituents is 2. The number of benzene rings is 2. The Labute approximate surface area is 155 Å². The van der Waals surface area contributed by atoms with Gasteiger partial charge in [0.2, 0.25) is 0 Å². The Balaban J connectivity index is 2.85. The molecular formula is C16H21BN4O6. The molecule has 2 aromatic carbocycles. The van der Waals surface area contributed by atoms with E-state index in [1.54, 1.807) is 0 Å². The average Bonchev–Trinajstić information content (AvgIpc) is 2.61. The second-order valence-electron chi connectivity index (χ2n) is 5.94. The van der Waals surface area contributed by atoms with Crippen molar-refractivity contribution in [1.29, 1.82) is 0 Å². The van der Waals surface area contributed by atoms with Gasteiger partial charge in [0.25, 0.3) is 11.4 Å². The largest absolute Gasteiger partial charge is 0.501 e. The molecule has 10 nitrogen and oxygen atoms in total. The van der Waals surface area contributed by atoms with Crippen LogP contribution in [0.4, 0.5) is 22.7 Å². The number of anilines is 2. The number of nitrogen functional groups attached to an aromatic ring is 2. The van der Waals surface area contributed by atoms with Gasteiger partial charge in [0.15, 0.2) is 0 Å². The zero-order valence-corrected chi connectivity index (χ0v) is 15.1. The van der Waals surface area contributed by atoms with Crippen molar-refractivity contribution in [3.63, 3.8) is 0 Å². The number of nitro groups is 2. The molecule has 0 unspecified atom stereocenters. The fourth-order valence-electron chi connectivity index (χ4n) is 2.79. The fourth-order valence-corrected chi connectivity index (χ4v) is 2.79. The highest BCUT2D eigenvalue weighted by Crippen LogP contribution is 2.34. The molecule has 0 saturated heterocycles. The molecule has 0 aliphatic carbocycles. The molecule has 27 heavy (non-hydrogen) atoms. The summed E-state index contributed by atoms with van der Waals surface area (Å²) < 4.78 is 11.4. The van der Waals surface area contributed by atoms with Crippen molar-refractivity contribution in [1.82, 2.24) is 0 Å². The van der Waals surface area contributed by atoms with E-state index in [-0.39, 0.29) is 33.6 Å². The zero-order chi connectivity index (χ0) is 20.1. The predicted octanol–water partition coefficient (Wildman–Crippen LogP) is 2.37. The van der Waals surface area contributed by atoms with Crippen molar-refractivity contribution in [2.24, 2.45) is 0 Å². The summed E-state index contributed by atoms with van der Waals surface area (Å²) in [5.41, 5.74) is 11.5. The summed E-state index contributed by atoms with van der Waals surface area (Å²) in [5, 5.41) is 23.4. The van der Waals surface area contributed by atoms with E-state index in [2.05, 4.69) is 0 Å². The third-order valence-electron chi connectivity index (χ3n) is 3.89. The molecule has 0 saturated carbocycles. The lowest BCUT2D eigenvalue weighted by atomic mass is 9.73. The van der Waals surface area contributed by atoms with Crippen LogP contribution in [0.1, 0.15) is 26.7 Å². The minimum atomic E-state index is -1.07. The smallest absolute Gasteiger partial charge is 0.407 e.